The molecule has 0 saturated carbocycles. The smallest absolute Gasteiger partial charge is 0.339 e. The Kier molecular flexibility index (Phi) is 4.57. The minimum absolute atomic E-state index is 0.00150. The number of hydrogen-bond donors (Lipinski definition) is 1. The quantitative estimate of drug-likeness (QED) is 0.843. The van der Waals surface area contributed by atoms with Crippen LogP contribution in [0.4, 0.5) is 0 Å². The minimum Gasteiger partial charge on any atom is -0.465 e. The molecule has 0 saturated heterocycles. The van der Waals surface area contributed by atoms with Crippen molar-refractivity contribution in [2.75, 3.05) is 7.11 Å². The van der Waals surface area contributed by atoms with E-state index in [-0.39, 0.29) is 16.2 Å². The lowest BCUT2D eigenvalue weighted by Crippen LogP contribution is -2.32. The molecule has 0 radical (unpaired) electrons. The number of hydrogen-bond acceptors (Lipinski definition) is 7. The van der Waals surface area contributed by atoms with Crippen LogP contribution >= 0.6 is 11.3 Å². The van der Waals surface area contributed by atoms with Crippen molar-refractivity contribution < 1.29 is 22.7 Å². The predicted octanol–water partition coefficient (Wildman–Crippen LogP) is 1.36. The van der Waals surface area contributed by atoms with Gasteiger partial charge in [-0.05, 0) is 19.1 Å². The van der Waals surface area contributed by atoms with E-state index in [0.29, 0.717) is 5.01 Å². The Morgan fingerprint density at radius 1 is 1.27 bits per heavy atom. The van der Waals surface area contributed by atoms with Gasteiger partial charge in [-0.2, -0.15) is 0 Å². The summed E-state index contributed by atoms with van der Waals surface area (Å²) in [5, 5.41) is 2.09. The van der Waals surface area contributed by atoms with Crippen molar-refractivity contribution in [3.05, 3.63) is 45.9 Å². The maximum Gasteiger partial charge on any atom is 0.339 e. The van der Waals surface area contributed by atoms with Crippen LogP contribution < -0.4 is 4.72 Å². The summed E-state index contributed by atoms with van der Waals surface area (Å²) in [5.41, 5.74) is -0.151. The number of carbonyl (C=O) groups excluding carboxylic acids is 2. The minimum atomic E-state index is -4.22. The Hall–Kier alpha value is -2.26. The van der Waals surface area contributed by atoms with Crippen molar-refractivity contribution in [3.8, 4) is 0 Å². The summed E-state index contributed by atoms with van der Waals surface area (Å²) in [6.07, 6.45) is 0. The van der Waals surface area contributed by atoms with Gasteiger partial charge in [-0.25, -0.2) is 22.9 Å². The van der Waals surface area contributed by atoms with Crippen LogP contribution in [-0.4, -0.2) is 32.4 Å². The number of methoxy groups -OCH3 is 1. The molecule has 1 N–H and O–H groups in total. The number of benzene rings is 1. The van der Waals surface area contributed by atoms with Gasteiger partial charge in [0.05, 0.1) is 17.7 Å². The Morgan fingerprint density at radius 3 is 2.55 bits per heavy atom. The van der Waals surface area contributed by atoms with E-state index in [4.69, 9.17) is 0 Å². The van der Waals surface area contributed by atoms with Gasteiger partial charge >= 0.3 is 5.97 Å². The molecular weight excluding hydrogens is 328 g/mol. The molecule has 9 heteroatoms. The van der Waals surface area contributed by atoms with Crippen molar-refractivity contribution in [2.24, 2.45) is 0 Å². The monoisotopic (exact) mass is 340 g/mol. The first kappa shape index (κ1) is 16.1. The van der Waals surface area contributed by atoms with Crippen LogP contribution in [0.25, 0.3) is 0 Å². The van der Waals surface area contributed by atoms with Crippen molar-refractivity contribution in [1.82, 2.24) is 9.71 Å². The molecule has 0 spiro atoms. The fourth-order valence-corrected chi connectivity index (χ4v) is 3.43. The molecule has 0 aliphatic carbocycles. The molecule has 0 unspecified atom stereocenters. The maximum absolute atomic E-state index is 12.3. The SMILES string of the molecule is COC(=O)c1ccccc1S(=O)(=O)NC(=O)c1csc(C)n1. The third kappa shape index (κ3) is 3.31. The molecule has 7 nitrogen and oxygen atoms in total. The van der Waals surface area contributed by atoms with E-state index in [1.165, 1.54) is 41.0 Å². The molecule has 1 amide bonds. The van der Waals surface area contributed by atoms with Crippen LogP contribution in [-0.2, 0) is 14.8 Å². The van der Waals surface area contributed by atoms with Gasteiger partial charge in [-0.15, -0.1) is 11.3 Å². The highest BCUT2D eigenvalue weighted by atomic mass is 32.2. The number of thiazole rings is 1. The zero-order valence-corrected chi connectivity index (χ0v) is 13.3. The lowest BCUT2D eigenvalue weighted by molar-refractivity contribution is 0.0596. The normalized spacial score (nSPS) is 11.0. The molecule has 0 bridgehead atoms. The second kappa shape index (κ2) is 6.24. The summed E-state index contributed by atoms with van der Waals surface area (Å²) >= 11 is 1.23. The lowest BCUT2D eigenvalue weighted by Gasteiger charge is -2.09. The number of aromatic nitrogens is 1. The molecule has 0 aliphatic heterocycles. The van der Waals surface area contributed by atoms with Crippen molar-refractivity contribution in [2.45, 2.75) is 11.8 Å². The third-order valence-electron chi connectivity index (χ3n) is 2.66. The highest BCUT2D eigenvalue weighted by Gasteiger charge is 2.25. The van der Waals surface area contributed by atoms with Gasteiger partial charge < -0.3 is 4.74 Å². The highest BCUT2D eigenvalue weighted by Crippen LogP contribution is 2.17. The van der Waals surface area contributed by atoms with Crippen LogP contribution in [0.2, 0.25) is 0 Å². The van der Waals surface area contributed by atoms with E-state index in [1.807, 2.05) is 4.72 Å². The molecule has 2 rings (SSSR count). The van der Waals surface area contributed by atoms with Gasteiger partial charge in [0.25, 0.3) is 15.9 Å². The number of ether oxygens (including phenoxy) is 1. The summed E-state index contributed by atoms with van der Waals surface area (Å²) in [4.78, 5) is 27.1. The Bertz CT molecular complexity index is 826. The standard InChI is InChI=1S/C13H12N2O5S2/c1-8-14-10(7-21-8)12(16)15-22(18,19)11-6-4-3-5-9(11)13(17)20-2/h3-7H,1-2H3,(H,15,16). The third-order valence-corrected chi connectivity index (χ3v) is 4.82. The Labute approximate surface area is 131 Å². The number of nitrogens with zero attached hydrogens (tertiary/aromatic N) is 1. The fourth-order valence-electron chi connectivity index (χ4n) is 1.68. The fraction of sp³-hybridized carbons (Fsp3) is 0.154. The zero-order valence-electron chi connectivity index (χ0n) is 11.7. The van der Waals surface area contributed by atoms with Gasteiger partial charge in [-0.3, -0.25) is 4.79 Å². The van der Waals surface area contributed by atoms with Crippen LogP contribution in [0.1, 0.15) is 25.9 Å². The maximum atomic E-state index is 12.3. The van der Waals surface area contributed by atoms with Gasteiger partial charge in [0, 0.05) is 5.38 Å². The van der Waals surface area contributed by atoms with Crippen LogP contribution in [0.5, 0.6) is 0 Å². The van der Waals surface area contributed by atoms with E-state index < -0.39 is 21.9 Å². The first-order valence-electron chi connectivity index (χ1n) is 6.02. The molecule has 0 fully saturated rings. The zero-order chi connectivity index (χ0) is 16.3. The van der Waals surface area contributed by atoms with Crippen molar-refractivity contribution in [3.63, 3.8) is 0 Å². The Morgan fingerprint density at radius 2 is 1.95 bits per heavy atom. The number of rotatable bonds is 4. The van der Waals surface area contributed by atoms with Crippen molar-refractivity contribution >= 4 is 33.2 Å². The highest BCUT2D eigenvalue weighted by molar-refractivity contribution is 7.90. The average molecular weight is 340 g/mol. The molecule has 22 heavy (non-hydrogen) atoms. The molecule has 0 aliphatic rings. The second-order valence-electron chi connectivity index (χ2n) is 4.17. The number of nitrogens with one attached hydrogen (secondary N) is 1. The van der Waals surface area contributed by atoms with Crippen LogP contribution in [0, 0.1) is 6.92 Å². The number of carbonyl (C=O) groups is 2. The average Bonchev–Trinajstić information content (AvgIpc) is 2.93. The largest absolute Gasteiger partial charge is 0.465 e. The summed E-state index contributed by atoms with van der Waals surface area (Å²) in [5.74, 6) is -1.66. The van der Waals surface area contributed by atoms with E-state index >= 15 is 0 Å². The first-order chi connectivity index (χ1) is 10.3. The second-order valence-corrected chi connectivity index (χ2v) is 6.89. The molecule has 1 aromatic heterocycles. The molecule has 116 valence electrons. The van der Waals surface area contributed by atoms with Gasteiger partial charge in [-0.1, -0.05) is 12.1 Å². The van der Waals surface area contributed by atoms with Gasteiger partial charge in [0.15, 0.2) is 0 Å². The van der Waals surface area contributed by atoms with E-state index in [1.54, 1.807) is 6.92 Å². The number of esters is 1. The van der Waals surface area contributed by atoms with E-state index in [0.717, 1.165) is 7.11 Å². The van der Waals surface area contributed by atoms with E-state index in [9.17, 15) is 18.0 Å². The lowest BCUT2D eigenvalue weighted by atomic mass is 10.2. The van der Waals surface area contributed by atoms with Crippen LogP contribution in [0.15, 0.2) is 34.5 Å². The van der Waals surface area contributed by atoms with Gasteiger partial charge in [0.1, 0.15) is 10.6 Å². The topological polar surface area (TPSA) is 102 Å². The number of aryl methyl sites for hydroxylation is 1. The van der Waals surface area contributed by atoms with Crippen LogP contribution in [0.3, 0.4) is 0 Å². The molecule has 0 atom stereocenters. The van der Waals surface area contributed by atoms with Gasteiger partial charge in [0.2, 0.25) is 0 Å². The summed E-state index contributed by atoms with van der Waals surface area (Å²) in [6, 6.07) is 5.46. The number of amides is 1. The Balaban J connectivity index is 2.35. The van der Waals surface area contributed by atoms with E-state index in [2.05, 4.69) is 9.72 Å². The summed E-state index contributed by atoms with van der Waals surface area (Å²) in [6.45, 7) is 1.70. The summed E-state index contributed by atoms with van der Waals surface area (Å²) < 4.78 is 31.0. The summed E-state index contributed by atoms with van der Waals surface area (Å²) in [7, 11) is -3.08. The first-order valence-corrected chi connectivity index (χ1v) is 8.38. The van der Waals surface area contributed by atoms with Crippen molar-refractivity contribution in [1.29, 1.82) is 0 Å². The molecular formula is C13H12N2O5S2. The molecule has 1 heterocycles. The number of sulfonamides is 1. The molecule has 2 aromatic rings. The molecule has 1 aromatic carbocycles. The predicted molar refractivity (Wildman–Crippen MR) is 79.3 cm³/mol.